The molecule has 0 radical (unpaired) electrons. The van der Waals surface area contributed by atoms with Crippen molar-refractivity contribution in [2.24, 2.45) is 0 Å². The number of halogens is 2. The first-order valence-electron chi connectivity index (χ1n) is 7.02. The van der Waals surface area contributed by atoms with E-state index >= 15 is 0 Å². The predicted octanol–water partition coefficient (Wildman–Crippen LogP) is 3.90. The quantitative estimate of drug-likeness (QED) is 0.873. The van der Waals surface area contributed by atoms with Crippen molar-refractivity contribution in [3.8, 4) is 0 Å². The van der Waals surface area contributed by atoms with Crippen LogP contribution in [0.4, 0.5) is 5.69 Å². The molecule has 1 amide bonds. The molecule has 5 nitrogen and oxygen atoms in total. The van der Waals surface area contributed by atoms with E-state index in [1.807, 2.05) is 10.9 Å². The molecule has 1 aromatic carbocycles. The molecule has 0 saturated carbocycles. The van der Waals surface area contributed by atoms with E-state index in [9.17, 15) is 4.79 Å². The Kier molecular flexibility index (Phi) is 4.81. The van der Waals surface area contributed by atoms with Crippen molar-refractivity contribution >= 4 is 39.1 Å². The number of nitrogens with one attached hydrogen (secondary N) is 1. The van der Waals surface area contributed by atoms with Crippen LogP contribution in [0.25, 0.3) is 0 Å². The van der Waals surface area contributed by atoms with Crippen molar-refractivity contribution in [1.29, 1.82) is 0 Å². The first kappa shape index (κ1) is 15.5. The molecule has 0 bridgehead atoms. The minimum atomic E-state index is -0.252. The maximum absolute atomic E-state index is 12.3. The van der Waals surface area contributed by atoms with Crippen molar-refractivity contribution < 1.29 is 9.53 Å². The molecule has 1 aromatic heterocycles. The Bertz CT molecular complexity index is 683. The van der Waals surface area contributed by atoms with Crippen molar-refractivity contribution in [3.63, 3.8) is 0 Å². The number of hydrogen-bond acceptors (Lipinski definition) is 3. The van der Waals surface area contributed by atoms with Crippen LogP contribution >= 0.6 is 27.5 Å². The van der Waals surface area contributed by atoms with Gasteiger partial charge >= 0.3 is 0 Å². The summed E-state index contributed by atoms with van der Waals surface area (Å²) in [7, 11) is 0. The third-order valence-electron chi connectivity index (χ3n) is 3.60. The zero-order valence-corrected chi connectivity index (χ0v) is 14.1. The Hall–Kier alpha value is -1.37. The van der Waals surface area contributed by atoms with Crippen LogP contribution in [-0.2, 0) is 4.74 Å². The van der Waals surface area contributed by atoms with E-state index in [1.165, 1.54) is 0 Å². The molecule has 3 rings (SSSR count). The second-order valence-corrected chi connectivity index (χ2v) is 6.45. The minimum absolute atomic E-state index is 0.252. The number of anilines is 1. The number of amides is 1. The minimum Gasteiger partial charge on any atom is -0.381 e. The van der Waals surface area contributed by atoms with Crippen LogP contribution in [-0.4, -0.2) is 28.9 Å². The molecule has 0 aliphatic carbocycles. The van der Waals surface area contributed by atoms with Crippen LogP contribution in [0.2, 0.25) is 5.02 Å². The number of ether oxygens (including phenoxy) is 1. The van der Waals surface area contributed by atoms with E-state index in [2.05, 4.69) is 26.3 Å². The SMILES string of the molecule is O=C(Nc1cnn(C2CCOCC2)c1)c1cc(Br)ccc1Cl. The number of carbonyl (C=O) groups is 1. The van der Waals surface area contributed by atoms with Gasteiger partial charge in [-0.3, -0.25) is 9.48 Å². The zero-order valence-electron chi connectivity index (χ0n) is 11.8. The molecular formula is C15H15BrClN3O2. The molecule has 2 heterocycles. The highest BCUT2D eigenvalue weighted by atomic mass is 79.9. The van der Waals surface area contributed by atoms with Gasteiger partial charge in [-0.05, 0) is 31.0 Å². The average Bonchev–Trinajstić information content (AvgIpc) is 2.99. The first-order chi connectivity index (χ1) is 10.6. The summed E-state index contributed by atoms with van der Waals surface area (Å²) in [5, 5.41) is 7.57. The van der Waals surface area contributed by atoms with Gasteiger partial charge in [0.2, 0.25) is 0 Å². The summed E-state index contributed by atoms with van der Waals surface area (Å²) in [6.07, 6.45) is 5.37. The lowest BCUT2D eigenvalue weighted by atomic mass is 10.1. The lowest BCUT2D eigenvalue weighted by Gasteiger charge is -2.22. The molecule has 1 N–H and O–H groups in total. The summed E-state index contributed by atoms with van der Waals surface area (Å²) in [5.74, 6) is -0.252. The van der Waals surface area contributed by atoms with Crippen LogP contribution in [0.3, 0.4) is 0 Å². The van der Waals surface area contributed by atoms with Gasteiger partial charge in [-0.2, -0.15) is 5.10 Å². The van der Waals surface area contributed by atoms with Gasteiger partial charge in [-0.15, -0.1) is 0 Å². The highest BCUT2D eigenvalue weighted by Crippen LogP contribution is 2.24. The van der Waals surface area contributed by atoms with Gasteiger partial charge < -0.3 is 10.1 Å². The highest BCUT2D eigenvalue weighted by molar-refractivity contribution is 9.10. The fourth-order valence-corrected chi connectivity index (χ4v) is 2.99. The molecule has 22 heavy (non-hydrogen) atoms. The summed E-state index contributed by atoms with van der Waals surface area (Å²) < 4.78 is 8.04. The maximum Gasteiger partial charge on any atom is 0.257 e. The van der Waals surface area contributed by atoms with Crippen LogP contribution in [0, 0.1) is 0 Å². The average molecular weight is 385 g/mol. The Morgan fingerprint density at radius 1 is 1.41 bits per heavy atom. The fourth-order valence-electron chi connectivity index (χ4n) is 2.42. The molecule has 1 saturated heterocycles. The topological polar surface area (TPSA) is 56.2 Å². The van der Waals surface area contributed by atoms with Gasteiger partial charge in [0, 0.05) is 23.9 Å². The van der Waals surface area contributed by atoms with E-state index in [1.54, 1.807) is 24.4 Å². The molecule has 0 spiro atoms. The van der Waals surface area contributed by atoms with E-state index < -0.39 is 0 Å². The number of benzene rings is 1. The van der Waals surface area contributed by atoms with Crippen molar-refractivity contribution in [2.75, 3.05) is 18.5 Å². The van der Waals surface area contributed by atoms with Gasteiger partial charge in [0.05, 0.1) is 28.5 Å². The van der Waals surface area contributed by atoms with Gasteiger partial charge in [-0.25, -0.2) is 0 Å². The zero-order chi connectivity index (χ0) is 15.5. The largest absolute Gasteiger partial charge is 0.381 e. The Balaban J connectivity index is 1.71. The summed E-state index contributed by atoms with van der Waals surface area (Å²) in [4.78, 5) is 12.3. The summed E-state index contributed by atoms with van der Waals surface area (Å²) in [6.45, 7) is 1.50. The van der Waals surface area contributed by atoms with Crippen molar-refractivity contribution in [3.05, 3.63) is 45.7 Å². The Morgan fingerprint density at radius 3 is 2.95 bits per heavy atom. The third kappa shape index (κ3) is 3.51. The van der Waals surface area contributed by atoms with Gasteiger partial charge in [0.1, 0.15) is 0 Å². The predicted molar refractivity (Wildman–Crippen MR) is 88.4 cm³/mol. The molecule has 7 heteroatoms. The second kappa shape index (κ2) is 6.81. The molecule has 116 valence electrons. The standard InChI is InChI=1S/C15H15BrClN3O2/c16-10-1-2-14(17)13(7-10)15(21)19-11-8-18-20(9-11)12-3-5-22-6-4-12/h1-2,7-9,12H,3-6H2,(H,19,21). The Morgan fingerprint density at radius 2 is 2.18 bits per heavy atom. The van der Waals surface area contributed by atoms with Gasteiger partial charge in [0.15, 0.2) is 0 Å². The third-order valence-corrected chi connectivity index (χ3v) is 4.42. The lowest BCUT2D eigenvalue weighted by Crippen LogP contribution is -2.19. The first-order valence-corrected chi connectivity index (χ1v) is 8.19. The fraction of sp³-hybridized carbons (Fsp3) is 0.333. The summed E-state index contributed by atoms with van der Waals surface area (Å²) in [6, 6.07) is 5.50. The monoisotopic (exact) mass is 383 g/mol. The number of aromatic nitrogens is 2. The summed E-state index contributed by atoms with van der Waals surface area (Å²) >= 11 is 9.41. The molecular weight excluding hydrogens is 370 g/mol. The number of nitrogens with zero attached hydrogens (tertiary/aromatic N) is 2. The van der Waals surface area contributed by atoms with Crippen molar-refractivity contribution in [2.45, 2.75) is 18.9 Å². The molecule has 0 atom stereocenters. The molecule has 1 fully saturated rings. The summed E-state index contributed by atoms with van der Waals surface area (Å²) in [5.41, 5.74) is 1.09. The van der Waals surface area contributed by atoms with E-state index in [-0.39, 0.29) is 5.91 Å². The molecule has 2 aromatic rings. The van der Waals surface area contributed by atoms with Gasteiger partial charge in [0.25, 0.3) is 5.91 Å². The molecule has 1 aliphatic heterocycles. The van der Waals surface area contributed by atoms with Gasteiger partial charge in [-0.1, -0.05) is 27.5 Å². The van der Waals surface area contributed by atoms with E-state index in [0.29, 0.717) is 22.3 Å². The normalized spacial score (nSPS) is 15.7. The lowest BCUT2D eigenvalue weighted by molar-refractivity contribution is 0.0662. The maximum atomic E-state index is 12.3. The smallest absolute Gasteiger partial charge is 0.257 e. The molecule has 0 unspecified atom stereocenters. The van der Waals surface area contributed by atoms with Crippen LogP contribution < -0.4 is 5.32 Å². The number of carbonyl (C=O) groups excluding carboxylic acids is 1. The van der Waals surface area contributed by atoms with Crippen molar-refractivity contribution in [1.82, 2.24) is 9.78 Å². The van der Waals surface area contributed by atoms with E-state index in [4.69, 9.17) is 16.3 Å². The second-order valence-electron chi connectivity index (χ2n) is 5.13. The highest BCUT2D eigenvalue weighted by Gasteiger charge is 2.17. The molecule has 1 aliphatic rings. The number of rotatable bonds is 3. The van der Waals surface area contributed by atoms with Crippen LogP contribution in [0.1, 0.15) is 29.2 Å². The number of hydrogen-bond donors (Lipinski definition) is 1. The van der Waals surface area contributed by atoms with E-state index in [0.717, 1.165) is 30.5 Å². The Labute approximate surface area is 141 Å². The van der Waals surface area contributed by atoms with Crippen LogP contribution in [0.5, 0.6) is 0 Å². The van der Waals surface area contributed by atoms with Crippen LogP contribution in [0.15, 0.2) is 35.1 Å².